The van der Waals surface area contributed by atoms with Crippen molar-refractivity contribution in [1.29, 1.82) is 0 Å². The molecule has 0 saturated heterocycles. The van der Waals surface area contributed by atoms with Crippen LogP contribution in [-0.4, -0.2) is 36.3 Å². The minimum atomic E-state index is -0.311. The minimum absolute atomic E-state index is 0.0149. The van der Waals surface area contributed by atoms with E-state index in [0.717, 1.165) is 22.6 Å². The van der Waals surface area contributed by atoms with Gasteiger partial charge >= 0.3 is 0 Å². The second-order valence-corrected chi connectivity index (χ2v) is 8.81. The van der Waals surface area contributed by atoms with Gasteiger partial charge in [0, 0.05) is 24.9 Å². The van der Waals surface area contributed by atoms with Crippen LogP contribution in [0.3, 0.4) is 0 Å². The van der Waals surface area contributed by atoms with E-state index in [4.69, 9.17) is 9.57 Å². The third kappa shape index (κ3) is 5.81. The van der Waals surface area contributed by atoms with Crippen LogP contribution in [0.5, 0.6) is 5.75 Å². The number of rotatable bonds is 7. The number of nitrogens with zero attached hydrogens (tertiary/aromatic N) is 2. The summed E-state index contributed by atoms with van der Waals surface area (Å²) < 4.78 is 19.1. The highest BCUT2D eigenvalue weighted by Crippen LogP contribution is 2.26. The van der Waals surface area contributed by atoms with Gasteiger partial charge in [0.2, 0.25) is 5.91 Å². The van der Waals surface area contributed by atoms with E-state index in [2.05, 4.69) is 5.16 Å². The molecule has 1 atom stereocenters. The van der Waals surface area contributed by atoms with E-state index >= 15 is 0 Å². The number of hydrogen-bond donors (Lipinski definition) is 0. The van der Waals surface area contributed by atoms with Crippen LogP contribution in [0.4, 0.5) is 4.39 Å². The Labute approximate surface area is 177 Å². The molecule has 2 aromatic rings. The fourth-order valence-corrected chi connectivity index (χ4v) is 3.49. The molecule has 0 saturated carbocycles. The van der Waals surface area contributed by atoms with Crippen LogP contribution >= 0.6 is 0 Å². The first-order valence-corrected chi connectivity index (χ1v) is 10.1. The molecule has 2 aromatic carbocycles. The SMILES string of the molecule is COc1ccccc1C1=NO[C@@H](CN(Cc2cccc(F)c2)C(=O)CC(C)(C)C)C1. The van der Waals surface area contributed by atoms with Crippen molar-refractivity contribution in [2.75, 3.05) is 13.7 Å². The zero-order valence-electron chi connectivity index (χ0n) is 18.0. The molecular formula is C24H29FN2O3. The summed E-state index contributed by atoms with van der Waals surface area (Å²) in [6.07, 6.45) is 0.709. The topological polar surface area (TPSA) is 51.1 Å². The van der Waals surface area contributed by atoms with Crippen molar-refractivity contribution >= 4 is 11.6 Å². The second kappa shape index (κ2) is 9.28. The number of benzene rings is 2. The Balaban J connectivity index is 1.72. The van der Waals surface area contributed by atoms with Gasteiger partial charge in [0.1, 0.15) is 11.6 Å². The highest BCUT2D eigenvalue weighted by molar-refractivity contribution is 6.03. The Morgan fingerprint density at radius 3 is 2.70 bits per heavy atom. The molecular weight excluding hydrogens is 383 g/mol. The van der Waals surface area contributed by atoms with E-state index < -0.39 is 0 Å². The first kappa shape index (κ1) is 21.8. The Kier molecular flexibility index (Phi) is 6.75. The summed E-state index contributed by atoms with van der Waals surface area (Å²) in [5.74, 6) is 0.441. The molecule has 1 heterocycles. The second-order valence-electron chi connectivity index (χ2n) is 8.81. The van der Waals surface area contributed by atoms with Crippen molar-refractivity contribution in [3.05, 3.63) is 65.5 Å². The van der Waals surface area contributed by atoms with Crippen molar-refractivity contribution < 1.29 is 18.8 Å². The summed E-state index contributed by atoms with van der Waals surface area (Å²) in [5.41, 5.74) is 2.29. The molecule has 0 fully saturated rings. The van der Waals surface area contributed by atoms with Crippen molar-refractivity contribution in [3.63, 3.8) is 0 Å². The van der Waals surface area contributed by atoms with E-state index in [0.29, 0.717) is 25.9 Å². The number of carbonyl (C=O) groups is 1. The standard InChI is InChI=1S/C24H29FN2O3/c1-24(2,3)14-23(28)27(15-17-8-7-9-18(25)12-17)16-19-13-21(26-30-19)20-10-5-6-11-22(20)29-4/h5-12,19H,13-16H2,1-4H3/t19-/m1/s1. The van der Waals surface area contributed by atoms with Crippen LogP contribution in [0, 0.1) is 11.2 Å². The number of para-hydroxylation sites is 1. The maximum atomic E-state index is 13.6. The van der Waals surface area contributed by atoms with Crippen molar-refractivity contribution in [3.8, 4) is 5.75 Å². The van der Waals surface area contributed by atoms with E-state index in [1.54, 1.807) is 18.1 Å². The summed E-state index contributed by atoms with van der Waals surface area (Å²) in [7, 11) is 1.62. The summed E-state index contributed by atoms with van der Waals surface area (Å²) in [6, 6.07) is 14.0. The average molecular weight is 413 g/mol. The smallest absolute Gasteiger partial charge is 0.223 e. The molecule has 160 valence electrons. The van der Waals surface area contributed by atoms with Crippen LogP contribution in [-0.2, 0) is 16.2 Å². The quantitative estimate of drug-likeness (QED) is 0.657. The lowest BCUT2D eigenvalue weighted by atomic mass is 9.91. The number of amides is 1. The molecule has 0 bridgehead atoms. The van der Waals surface area contributed by atoms with Crippen molar-refractivity contribution in [2.45, 2.75) is 46.3 Å². The highest BCUT2D eigenvalue weighted by Gasteiger charge is 2.29. The number of oxime groups is 1. The van der Waals surface area contributed by atoms with Crippen LogP contribution in [0.2, 0.25) is 0 Å². The Hall–Kier alpha value is -2.89. The maximum absolute atomic E-state index is 13.6. The lowest BCUT2D eigenvalue weighted by molar-refractivity contribution is -0.135. The van der Waals surface area contributed by atoms with Gasteiger partial charge in [-0.1, -0.05) is 50.2 Å². The number of halogens is 1. The Morgan fingerprint density at radius 2 is 2.00 bits per heavy atom. The molecule has 0 unspecified atom stereocenters. The fraction of sp³-hybridized carbons (Fsp3) is 0.417. The van der Waals surface area contributed by atoms with Gasteiger partial charge in [-0.05, 0) is 35.2 Å². The zero-order chi connectivity index (χ0) is 21.7. The van der Waals surface area contributed by atoms with Gasteiger partial charge in [0.15, 0.2) is 6.10 Å². The Bertz CT molecular complexity index is 921. The summed E-state index contributed by atoms with van der Waals surface area (Å²) in [6.45, 7) is 6.80. The van der Waals surface area contributed by atoms with Gasteiger partial charge in [0.05, 0.1) is 19.4 Å². The molecule has 0 spiro atoms. The van der Waals surface area contributed by atoms with Crippen LogP contribution in [0.1, 0.15) is 44.7 Å². The number of hydrogen-bond acceptors (Lipinski definition) is 4. The molecule has 5 nitrogen and oxygen atoms in total. The van der Waals surface area contributed by atoms with Crippen molar-refractivity contribution in [1.82, 2.24) is 4.90 Å². The summed E-state index contributed by atoms with van der Waals surface area (Å²) in [4.78, 5) is 20.4. The highest BCUT2D eigenvalue weighted by atomic mass is 19.1. The summed E-state index contributed by atoms with van der Waals surface area (Å²) in [5, 5.41) is 4.24. The van der Waals surface area contributed by atoms with Gasteiger partial charge in [-0.25, -0.2) is 4.39 Å². The Morgan fingerprint density at radius 1 is 1.23 bits per heavy atom. The number of ether oxygens (including phenoxy) is 1. The predicted octanol–water partition coefficient (Wildman–Crippen LogP) is 4.79. The first-order valence-electron chi connectivity index (χ1n) is 10.1. The fourth-order valence-electron chi connectivity index (χ4n) is 3.49. The molecule has 3 rings (SSSR count). The van der Waals surface area contributed by atoms with Crippen LogP contribution in [0.15, 0.2) is 53.7 Å². The van der Waals surface area contributed by atoms with Gasteiger partial charge in [-0.15, -0.1) is 0 Å². The predicted molar refractivity (Wildman–Crippen MR) is 115 cm³/mol. The third-order valence-electron chi connectivity index (χ3n) is 4.87. The average Bonchev–Trinajstić information content (AvgIpc) is 3.14. The van der Waals surface area contributed by atoms with E-state index in [1.807, 2.05) is 51.1 Å². The van der Waals surface area contributed by atoms with Crippen molar-refractivity contribution in [2.24, 2.45) is 10.6 Å². The molecule has 0 N–H and O–H groups in total. The lowest BCUT2D eigenvalue weighted by Gasteiger charge is -2.28. The molecule has 0 aromatic heterocycles. The largest absolute Gasteiger partial charge is 0.496 e. The third-order valence-corrected chi connectivity index (χ3v) is 4.87. The summed E-state index contributed by atoms with van der Waals surface area (Å²) >= 11 is 0. The maximum Gasteiger partial charge on any atom is 0.223 e. The molecule has 1 aliphatic heterocycles. The molecule has 30 heavy (non-hydrogen) atoms. The van der Waals surface area contributed by atoms with Crippen LogP contribution < -0.4 is 4.74 Å². The molecule has 1 aliphatic rings. The zero-order valence-corrected chi connectivity index (χ0v) is 18.0. The molecule has 6 heteroatoms. The van der Waals surface area contributed by atoms with Gasteiger partial charge < -0.3 is 14.5 Å². The van der Waals surface area contributed by atoms with E-state index in [9.17, 15) is 9.18 Å². The number of carbonyl (C=O) groups excluding carboxylic acids is 1. The molecule has 0 radical (unpaired) electrons. The molecule has 1 amide bonds. The van der Waals surface area contributed by atoms with E-state index in [1.165, 1.54) is 12.1 Å². The van der Waals surface area contributed by atoms with E-state index in [-0.39, 0.29) is 23.2 Å². The van der Waals surface area contributed by atoms with Crippen LogP contribution in [0.25, 0.3) is 0 Å². The minimum Gasteiger partial charge on any atom is -0.496 e. The van der Waals surface area contributed by atoms with Gasteiger partial charge in [-0.3, -0.25) is 4.79 Å². The molecule has 0 aliphatic carbocycles. The van der Waals surface area contributed by atoms with Gasteiger partial charge in [-0.2, -0.15) is 0 Å². The number of methoxy groups -OCH3 is 1. The first-order chi connectivity index (χ1) is 14.2. The monoisotopic (exact) mass is 412 g/mol. The normalized spacial score (nSPS) is 16.0. The van der Waals surface area contributed by atoms with Gasteiger partial charge in [0.25, 0.3) is 0 Å². The lowest BCUT2D eigenvalue weighted by Crippen LogP contribution is -2.38.